The lowest BCUT2D eigenvalue weighted by atomic mass is 10.1. The van der Waals surface area contributed by atoms with Crippen LogP contribution in [0.2, 0.25) is 0 Å². The van der Waals surface area contributed by atoms with E-state index in [1.54, 1.807) is 22.0 Å². The van der Waals surface area contributed by atoms with Crippen molar-refractivity contribution in [3.05, 3.63) is 72.0 Å². The third kappa shape index (κ3) is 6.33. The van der Waals surface area contributed by atoms with E-state index in [4.69, 9.17) is 9.47 Å². The monoisotopic (exact) mass is 499 g/mol. The Kier molecular flexibility index (Phi) is 7.60. The zero-order valence-electron chi connectivity index (χ0n) is 19.6. The van der Waals surface area contributed by atoms with Crippen LogP contribution in [-0.4, -0.2) is 76.2 Å². The molecule has 10 heteroatoms. The molecule has 186 valence electrons. The minimum absolute atomic E-state index is 0.0359. The molecule has 0 radical (unpaired) electrons. The summed E-state index contributed by atoms with van der Waals surface area (Å²) in [5.74, 6) is 0.189. The molecule has 2 heterocycles. The number of sulfone groups is 1. The van der Waals surface area contributed by atoms with Crippen molar-refractivity contribution in [2.24, 2.45) is 0 Å². The molecule has 1 atom stereocenters. The minimum Gasteiger partial charge on any atom is -0.486 e. The number of carbonyl (C=O) groups excluding carboxylic acids is 2. The standard InChI is InChI=1S/C25H29N3O6S/c1-33-24(29)19-7-8-20(26-17-19)18-28(25(30)27-13-15-35(31,32)16-14-27)21-9-11-23(12-10-21)34-22-5-3-2-4-6-22/h2-5,7-12,22,26H,6,13-18H2,1H3. The molecule has 1 aromatic carbocycles. The Labute approximate surface area is 205 Å². The van der Waals surface area contributed by atoms with Gasteiger partial charge in [0.05, 0.1) is 30.7 Å². The third-order valence-corrected chi connectivity index (χ3v) is 7.60. The molecule has 2 amide bonds. The highest BCUT2D eigenvalue weighted by Crippen LogP contribution is 2.24. The number of dihydropyridines is 1. The Hall–Kier alpha value is -3.53. The summed E-state index contributed by atoms with van der Waals surface area (Å²) in [7, 11) is -1.79. The van der Waals surface area contributed by atoms with E-state index in [1.807, 2.05) is 48.6 Å². The first-order chi connectivity index (χ1) is 16.8. The van der Waals surface area contributed by atoms with Gasteiger partial charge in [0.15, 0.2) is 9.84 Å². The molecule has 4 rings (SSSR count). The van der Waals surface area contributed by atoms with Crippen molar-refractivity contribution >= 4 is 27.5 Å². The van der Waals surface area contributed by atoms with Crippen LogP contribution in [0.5, 0.6) is 5.75 Å². The number of hydrogen-bond acceptors (Lipinski definition) is 7. The lowest BCUT2D eigenvalue weighted by Gasteiger charge is -2.34. The van der Waals surface area contributed by atoms with Crippen LogP contribution in [0.25, 0.3) is 0 Å². The molecule has 1 saturated heterocycles. The Balaban J connectivity index is 1.53. The number of rotatable bonds is 6. The fourth-order valence-corrected chi connectivity index (χ4v) is 5.15. The normalized spacial score (nSPS) is 20.8. The predicted octanol–water partition coefficient (Wildman–Crippen LogP) is 2.19. The summed E-state index contributed by atoms with van der Waals surface area (Å²) in [6, 6.07) is 6.99. The number of methoxy groups -OCH3 is 1. The molecule has 1 aliphatic carbocycles. The fraction of sp³-hybridized carbons (Fsp3) is 0.360. The molecule has 0 aromatic heterocycles. The number of carbonyl (C=O) groups is 2. The van der Waals surface area contributed by atoms with Gasteiger partial charge >= 0.3 is 12.0 Å². The van der Waals surface area contributed by atoms with Crippen molar-refractivity contribution in [3.63, 3.8) is 0 Å². The van der Waals surface area contributed by atoms with Gasteiger partial charge in [0.2, 0.25) is 0 Å². The zero-order chi connectivity index (χ0) is 24.8. The van der Waals surface area contributed by atoms with Gasteiger partial charge in [-0.25, -0.2) is 18.0 Å². The number of anilines is 1. The number of amides is 2. The van der Waals surface area contributed by atoms with Crippen molar-refractivity contribution in [1.29, 1.82) is 0 Å². The molecule has 3 aliphatic rings. The molecule has 2 aliphatic heterocycles. The largest absolute Gasteiger partial charge is 0.486 e. The first kappa shape index (κ1) is 24.6. The molecule has 1 N–H and O–H groups in total. The summed E-state index contributed by atoms with van der Waals surface area (Å²) in [6.45, 7) is 0.820. The molecule has 0 spiro atoms. The summed E-state index contributed by atoms with van der Waals surface area (Å²) in [5.41, 5.74) is 1.89. The first-order valence-electron chi connectivity index (χ1n) is 11.4. The quantitative estimate of drug-likeness (QED) is 0.598. The predicted molar refractivity (Wildman–Crippen MR) is 133 cm³/mol. The van der Waals surface area contributed by atoms with Crippen molar-refractivity contribution in [2.45, 2.75) is 12.5 Å². The summed E-state index contributed by atoms with van der Waals surface area (Å²) < 4.78 is 34.4. The number of benzene rings is 1. The molecule has 35 heavy (non-hydrogen) atoms. The number of esters is 1. The second-order valence-electron chi connectivity index (χ2n) is 8.44. The SMILES string of the molecule is COC(=O)C1=CC=C(CN(C(=O)N2CCS(=O)(=O)CC2)c2ccc(OC3C=CC=CC3)cc2)NC1. The molecule has 1 aromatic rings. The van der Waals surface area contributed by atoms with Gasteiger partial charge in [-0.15, -0.1) is 0 Å². The lowest BCUT2D eigenvalue weighted by Crippen LogP contribution is -2.51. The zero-order valence-corrected chi connectivity index (χ0v) is 20.4. The number of allylic oxidation sites excluding steroid dienone is 4. The number of nitrogens with zero attached hydrogens (tertiary/aromatic N) is 2. The van der Waals surface area contributed by atoms with E-state index in [-0.39, 0.29) is 43.3 Å². The smallest absolute Gasteiger partial charge is 0.335 e. The molecule has 0 saturated carbocycles. The van der Waals surface area contributed by atoms with E-state index in [0.717, 1.165) is 12.1 Å². The van der Waals surface area contributed by atoms with Crippen LogP contribution in [0, 0.1) is 0 Å². The Morgan fingerprint density at radius 3 is 2.46 bits per heavy atom. The topological polar surface area (TPSA) is 105 Å². The molecular weight excluding hydrogens is 470 g/mol. The highest BCUT2D eigenvalue weighted by molar-refractivity contribution is 7.91. The van der Waals surface area contributed by atoms with Crippen LogP contribution >= 0.6 is 0 Å². The van der Waals surface area contributed by atoms with E-state index < -0.39 is 15.8 Å². The van der Waals surface area contributed by atoms with Crippen molar-refractivity contribution in [3.8, 4) is 5.75 Å². The molecule has 1 unspecified atom stereocenters. The van der Waals surface area contributed by atoms with Crippen LogP contribution in [0.1, 0.15) is 6.42 Å². The van der Waals surface area contributed by atoms with E-state index in [2.05, 4.69) is 5.32 Å². The molecular formula is C25H29N3O6S. The molecule has 0 bridgehead atoms. The first-order valence-corrected chi connectivity index (χ1v) is 13.3. The van der Waals surface area contributed by atoms with Crippen LogP contribution in [0.15, 0.2) is 72.0 Å². The average Bonchev–Trinajstić information content (AvgIpc) is 2.88. The molecule has 9 nitrogen and oxygen atoms in total. The highest BCUT2D eigenvalue weighted by Gasteiger charge is 2.30. The van der Waals surface area contributed by atoms with E-state index >= 15 is 0 Å². The summed E-state index contributed by atoms with van der Waals surface area (Å²) in [5, 5.41) is 3.17. The fourth-order valence-electron chi connectivity index (χ4n) is 3.95. The maximum atomic E-state index is 13.5. The Morgan fingerprint density at radius 1 is 1.11 bits per heavy atom. The van der Waals surface area contributed by atoms with Gasteiger partial charge in [0, 0.05) is 37.4 Å². The summed E-state index contributed by atoms with van der Waals surface area (Å²) >= 11 is 0. The number of nitrogens with one attached hydrogen (secondary N) is 1. The van der Waals surface area contributed by atoms with Crippen LogP contribution in [0.4, 0.5) is 10.5 Å². The molecule has 1 fully saturated rings. The van der Waals surface area contributed by atoms with Gasteiger partial charge in [0.1, 0.15) is 11.9 Å². The Bertz CT molecular complexity index is 1170. The number of ether oxygens (including phenoxy) is 2. The average molecular weight is 500 g/mol. The van der Waals surface area contributed by atoms with Crippen molar-refractivity contribution in [2.75, 3.05) is 49.7 Å². The van der Waals surface area contributed by atoms with Gasteiger partial charge in [0.25, 0.3) is 0 Å². The second-order valence-corrected chi connectivity index (χ2v) is 10.7. The second kappa shape index (κ2) is 10.8. The van der Waals surface area contributed by atoms with E-state index in [1.165, 1.54) is 7.11 Å². The van der Waals surface area contributed by atoms with Crippen molar-refractivity contribution < 1.29 is 27.5 Å². The van der Waals surface area contributed by atoms with Gasteiger partial charge in [-0.2, -0.15) is 0 Å². The Morgan fingerprint density at radius 2 is 1.86 bits per heavy atom. The highest BCUT2D eigenvalue weighted by atomic mass is 32.2. The minimum atomic E-state index is -3.12. The van der Waals surface area contributed by atoms with Gasteiger partial charge in [-0.1, -0.05) is 18.2 Å². The van der Waals surface area contributed by atoms with Crippen molar-refractivity contribution in [1.82, 2.24) is 10.2 Å². The van der Waals surface area contributed by atoms with Crippen LogP contribution < -0.4 is 15.0 Å². The number of hydrogen-bond donors (Lipinski definition) is 1. The van der Waals surface area contributed by atoms with Gasteiger partial charge < -0.3 is 19.7 Å². The van der Waals surface area contributed by atoms with E-state index in [0.29, 0.717) is 23.6 Å². The van der Waals surface area contributed by atoms with E-state index in [9.17, 15) is 18.0 Å². The maximum Gasteiger partial charge on any atom is 0.335 e. The summed E-state index contributed by atoms with van der Waals surface area (Å²) in [4.78, 5) is 28.4. The van der Waals surface area contributed by atoms with Gasteiger partial charge in [-0.05, 0) is 42.5 Å². The number of urea groups is 1. The third-order valence-electron chi connectivity index (χ3n) is 5.99. The van der Waals surface area contributed by atoms with Crippen LogP contribution in [-0.2, 0) is 19.4 Å². The summed E-state index contributed by atoms with van der Waals surface area (Å²) in [6.07, 6.45) is 12.2. The van der Waals surface area contributed by atoms with Crippen LogP contribution in [0.3, 0.4) is 0 Å². The maximum absolute atomic E-state index is 13.5. The lowest BCUT2D eigenvalue weighted by molar-refractivity contribution is -0.136. The van der Waals surface area contributed by atoms with Gasteiger partial charge in [-0.3, -0.25) is 4.90 Å².